The second kappa shape index (κ2) is 5.58. The topological polar surface area (TPSA) is 30.0 Å². The highest BCUT2D eigenvalue weighted by atomic mass is 16.1. The molecule has 0 unspecified atom stereocenters. The van der Waals surface area contributed by atoms with Crippen molar-refractivity contribution in [2.24, 2.45) is 0 Å². The monoisotopic (exact) mass is 239 g/mol. The Morgan fingerprint density at radius 1 is 1.22 bits per heavy atom. The first-order valence-corrected chi connectivity index (χ1v) is 6.23. The molecule has 0 bridgehead atoms. The minimum Gasteiger partial charge on any atom is -0.292 e. The van der Waals surface area contributed by atoms with Gasteiger partial charge in [0.1, 0.15) is 5.69 Å². The van der Waals surface area contributed by atoms with Crippen LogP contribution in [0.5, 0.6) is 0 Å². The molecule has 1 heterocycles. The average Bonchev–Trinajstić information content (AvgIpc) is 2.38. The van der Waals surface area contributed by atoms with Crippen LogP contribution >= 0.6 is 0 Å². The van der Waals surface area contributed by atoms with Crippen molar-refractivity contribution in [3.8, 4) is 0 Å². The maximum Gasteiger partial charge on any atom is 0.185 e. The van der Waals surface area contributed by atoms with E-state index in [0.29, 0.717) is 12.1 Å². The van der Waals surface area contributed by atoms with Crippen LogP contribution in [0.3, 0.4) is 0 Å². The van der Waals surface area contributed by atoms with Crippen molar-refractivity contribution in [3.05, 3.63) is 65.0 Å². The van der Waals surface area contributed by atoms with Gasteiger partial charge >= 0.3 is 0 Å². The van der Waals surface area contributed by atoms with Gasteiger partial charge in [0.05, 0.1) is 0 Å². The smallest absolute Gasteiger partial charge is 0.185 e. The van der Waals surface area contributed by atoms with Crippen molar-refractivity contribution < 1.29 is 4.79 Å². The normalized spacial score (nSPS) is 10.3. The van der Waals surface area contributed by atoms with Gasteiger partial charge in [0.2, 0.25) is 0 Å². The Kier molecular flexibility index (Phi) is 3.88. The van der Waals surface area contributed by atoms with E-state index in [2.05, 4.69) is 4.98 Å². The number of aromatic nitrogens is 1. The summed E-state index contributed by atoms with van der Waals surface area (Å²) in [5.41, 5.74) is 3.86. The molecule has 0 N–H and O–H groups in total. The predicted molar refractivity (Wildman–Crippen MR) is 72.8 cm³/mol. The van der Waals surface area contributed by atoms with Crippen LogP contribution in [0.1, 0.15) is 34.1 Å². The van der Waals surface area contributed by atoms with Crippen molar-refractivity contribution in [2.75, 3.05) is 0 Å². The summed E-state index contributed by atoms with van der Waals surface area (Å²) < 4.78 is 0. The fraction of sp³-hybridized carbons (Fsp3) is 0.250. The van der Waals surface area contributed by atoms with Crippen molar-refractivity contribution in [3.63, 3.8) is 0 Å². The number of ketones is 1. The lowest BCUT2D eigenvalue weighted by molar-refractivity contribution is 0.0987. The van der Waals surface area contributed by atoms with Gasteiger partial charge in [0.15, 0.2) is 5.78 Å². The minimum absolute atomic E-state index is 0.0954. The molecule has 2 rings (SSSR count). The fourth-order valence-corrected chi connectivity index (χ4v) is 2.07. The highest BCUT2D eigenvalue weighted by molar-refractivity contribution is 5.97. The van der Waals surface area contributed by atoms with Gasteiger partial charge in [-0.25, -0.2) is 0 Å². The summed E-state index contributed by atoms with van der Waals surface area (Å²) in [7, 11) is 0. The van der Waals surface area contributed by atoms with Crippen LogP contribution in [0.2, 0.25) is 0 Å². The molecular formula is C16H17NO. The van der Waals surface area contributed by atoms with E-state index < -0.39 is 0 Å². The van der Waals surface area contributed by atoms with Crippen molar-refractivity contribution in [2.45, 2.75) is 26.7 Å². The zero-order valence-corrected chi connectivity index (χ0v) is 10.8. The van der Waals surface area contributed by atoms with E-state index in [0.717, 1.165) is 17.5 Å². The number of hydrogen-bond donors (Lipinski definition) is 0. The lowest BCUT2D eigenvalue weighted by Crippen LogP contribution is -2.09. The van der Waals surface area contributed by atoms with Gasteiger partial charge < -0.3 is 0 Å². The fourth-order valence-electron chi connectivity index (χ4n) is 2.07. The third-order valence-electron chi connectivity index (χ3n) is 2.98. The number of hydrogen-bond acceptors (Lipinski definition) is 2. The third kappa shape index (κ3) is 2.83. The number of rotatable bonds is 4. The molecule has 2 heteroatoms. The van der Waals surface area contributed by atoms with E-state index in [4.69, 9.17) is 0 Å². The molecule has 0 amide bonds. The molecule has 0 aliphatic rings. The number of nitrogens with zero attached hydrogens (tertiary/aromatic N) is 1. The summed E-state index contributed by atoms with van der Waals surface area (Å²) in [4.78, 5) is 16.5. The van der Waals surface area contributed by atoms with Crippen LogP contribution in [0.15, 0.2) is 42.6 Å². The predicted octanol–water partition coefficient (Wildman–Crippen LogP) is 3.38. The van der Waals surface area contributed by atoms with Gasteiger partial charge in [-0.1, -0.05) is 42.8 Å². The Morgan fingerprint density at radius 2 is 2.06 bits per heavy atom. The van der Waals surface area contributed by atoms with E-state index in [1.54, 1.807) is 6.20 Å². The van der Waals surface area contributed by atoms with Gasteiger partial charge in [0.25, 0.3) is 0 Å². The SMILES string of the molecule is CCc1cccnc1C(=O)Cc1cccc(C)c1. The van der Waals surface area contributed by atoms with Crippen LogP contribution in [0, 0.1) is 6.92 Å². The molecule has 0 saturated heterocycles. The highest BCUT2D eigenvalue weighted by Gasteiger charge is 2.12. The molecule has 0 aliphatic carbocycles. The number of pyridine rings is 1. The standard InChI is InChI=1S/C16H17NO/c1-3-14-8-5-9-17-16(14)15(18)11-13-7-4-6-12(2)10-13/h4-10H,3,11H2,1-2H3. The summed E-state index contributed by atoms with van der Waals surface area (Å²) in [6.45, 7) is 4.08. The first kappa shape index (κ1) is 12.5. The summed E-state index contributed by atoms with van der Waals surface area (Å²) in [6, 6.07) is 11.9. The van der Waals surface area contributed by atoms with Gasteiger partial charge in [-0.2, -0.15) is 0 Å². The van der Waals surface area contributed by atoms with Crippen molar-refractivity contribution >= 4 is 5.78 Å². The van der Waals surface area contributed by atoms with Crippen LogP contribution < -0.4 is 0 Å². The van der Waals surface area contributed by atoms with E-state index in [9.17, 15) is 4.79 Å². The zero-order valence-electron chi connectivity index (χ0n) is 10.8. The highest BCUT2D eigenvalue weighted by Crippen LogP contribution is 2.12. The van der Waals surface area contributed by atoms with Crippen LogP contribution in [0.25, 0.3) is 0 Å². The van der Waals surface area contributed by atoms with Gasteiger partial charge in [-0.3, -0.25) is 9.78 Å². The molecule has 18 heavy (non-hydrogen) atoms. The number of benzene rings is 1. The zero-order chi connectivity index (χ0) is 13.0. The Balaban J connectivity index is 2.22. The van der Waals surface area contributed by atoms with Crippen molar-refractivity contribution in [1.82, 2.24) is 4.98 Å². The van der Waals surface area contributed by atoms with Crippen molar-refractivity contribution in [1.29, 1.82) is 0 Å². The summed E-state index contributed by atoms with van der Waals surface area (Å²) in [5, 5.41) is 0. The Hall–Kier alpha value is -1.96. The molecule has 1 aromatic carbocycles. The van der Waals surface area contributed by atoms with E-state index in [1.807, 2.05) is 50.2 Å². The number of Topliss-reactive ketones (excluding diaryl/α,β-unsaturated/α-hetero) is 1. The lowest BCUT2D eigenvalue weighted by Gasteiger charge is -2.06. The lowest BCUT2D eigenvalue weighted by atomic mass is 10.0. The Labute approximate surface area is 108 Å². The quantitative estimate of drug-likeness (QED) is 0.766. The molecule has 92 valence electrons. The molecule has 0 spiro atoms. The van der Waals surface area contributed by atoms with Crippen LogP contribution in [0.4, 0.5) is 0 Å². The molecule has 0 fully saturated rings. The second-order valence-corrected chi connectivity index (χ2v) is 4.45. The molecule has 0 saturated carbocycles. The first-order chi connectivity index (χ1) is 8.70. The van der Waals surface area contributed by atoms with E-state index >= 15 is 0 Å². The molecule has 0 aliphatic heterocycles. The molecular weight excluding hydrogens is 222 g/mol. The second-order valence-electron chi connectivity index (χ2n) is 4.45. The molecule has 2 nitrogen and oxygen atoms in total. The van der Waals surface area contributed by atoms with Gasteiger partial charge in [-0.15, -0.1) is 0 Å². The van der Waals surface area contributed by atoms with Crippen LogP contribution in [-0.2, 0) is 12.8 Å². The van der Waals surface area contributed by atoms with Gasteiger partial charge in [0, 0.05) is 12.6 Å². The molecule has 0 radical (unpaired) electrons. The van der Waals surface area contributed by atoms with E-state index in [-0.39, 0.29) is 5.78 Å². The largest absolute Gasteiger partial charge is 0.292 e. The maximum atomic E-state index is 12.2. The van der Waals surface area contributed by atoms with E-state index in [1.165, 1.54) is 5.56 Å². The van der Waals surface area contributed by atoms with Crippen LogP contribution in [-0.4, -0.2) is 10.8 Å². The number of carbonyl (C=O) groups is 1. The molecule has 0 atom stereocenters. The third-order valence-corrected chi connectivity index (χ3v) is 2.98. The molecule has 2 aromatic rings. The summed E-state index contributed by atoms with van der Waals surface area (Å²) >= 11 is 0. The number of carbonyl (C=O) groups excluding carboxylic acids is 1. The average molecular weight is 239 g/mol. The summed E-state index contributed by atoms with van der Waals surface area (Å²) in [5.74, 6) is 0.0954. The minimum atomic E-state index is 0.0954. The molecule has 1 aromatic heterocycles. The van der Waals surface area contributed by atoms with Gasteiger partial charge in [-0.05, 0) is 30.5 Å². The number of aryl methyl sites for hydroxylation is 2. The first-order valence-electron chi connectivity index (χ1n) is 6.23. The Morgan fingerprint density at radius 3 is 2.78 bits per heavy atom. The Bertz CT molecular complexity index is 561. The summed E-state index contributed by atoms with van der Waals surface area (Å²) in [6.07, 6.45) is 2.94. The maximum absolute atomic E-state index is 12.2.